The lowest BCUT2D eigenvalue weighted by Gasteiger charge is -2.46. The third kappa shape index (κ3) is 3.46. The Morgan fingerprint density at radius 3 is 2.72 bits per heavy atom. The normalized spacial score (nSPS) is 38.0. The van der Waals surface area contributed by atoms with Gasteiger partial charge in [0.05, 0.1) is 0 Å². The molecule has 1 aliphatic carbocycles. The van der Waals surface area contributed by atoms with Gasteiger partial charge in [0.15, 0.2) is 0 Å². The molecule has 1 saturated heterocycles. The Labute approximate surface area is 113 Å². The predicted molar refractivity (Wildman–Crippen MR) is 77.9 cm³/mol. The Morgan fingerprint density at radius 1 is 1.28 bits per heavy atom. The molecular formula is C15H31N3. The lowest BCUT2D eigenvalue weighted by Crippen LogP contribution is -2.57. The fourth-order valence-corrected chi connectivity index (χ4v) is 3.72. The molecule has 0 bridgehead atoms. The van der Waals surface area contributed by atoms with E-state index in [1.807, 2.05) is 0 Å². The first-order valence-corrected chi connectivity index (χ1v) is 7.74. The average Bonchev–Trinajstić information content (AvgIpc) is 2.37. The number of piperidine rings is 1. The summed E-state index contributed by atoms with van der Waals surface area (Å²) in [6.07, 6.45) is 8.18. The maximum atomic E-state index is 3.83. The molecule has 2 aliphatic rings. The van der Waals surface area contributed by atoms with Crippen LogP contribution >= 0.6 is 0 Å². The number of rotatable bonds is 4. The Hall–Kier alpha value is -0.120. The van der Waals surface area contributed by atoms with Gasteiger partial charge in [-0.2, -0.15) is 0 Å². The molecule has 2 fully saturated rings. The highest BCUT2D eigenvalue weighted by atomic mass is 15.2. The standard InChI is InChI=1S/C15H31N3/c1-13-6-4-8-15(10-13,18(2)3)12-17-14-7-5-9-16-11-14/h13-14,16-17H,4-12H2,1-3H3. The molecule has 3 nitrogen and oxygen atoms in total. The maximum Gasteiger partial charge on any atom is 0.0330 e. The zero-order valence-corrected chi connectivity index (χ0v) is 12.5. The van der Waals surface area contributed by atoms with Gasteiger partial charge in [0.1, 0.15) is 0 Å². The van der Waals surface area contributed by atoms with Crippen molar-refractivity contribution in [3.63, 3.8) is 0 Å². The van der Waals surface area contributed by atoms with Gasteiger partial charge in [-0.1, -0.05) is 19.8 Å². The highest BCUT2D eigenvalue weighted by Gasteiger charge is 2.37. The summed E-state index contributed by atoms with van der Waals surface area (Å²) >= 11 is 0. The highest BCUT2D eigenvalue weighted by molar-refractivity contribution is 4.95. The van der Waals surface area contributed by atoms with Gasteiger partial charge in [-0.05, 0) is 52.2 Å². The van der Waals surface area contributed by atoms with E-state index in [0.29, 0.717) is 11.6 Å². The minimum Gasteiger partial charge on any atom is -0.315 e. The van der Waals surface area contributed by atoms with E-state index in [-0.39, 0.29) is 0 Å². The zero-order valence-electron chi connectivity index (χ0n) is 12.5. The van der Waals surface area contributed by atoms with E-state index >= 15 is 0 Å². The molecule has 2 rings (SSSR count). The number of nitrogens with one attached hydrogen (secondary N) is 2. The van der Waals surface area contributed by atoms with Crippen molar-refractivity contribution in [1.82, 2.24) is 15.5 Å². The van der Waals surface area contributed by atoms with Gasteiger partial charge in [0, 0.05) is 24.7 Å². The van der Waals surface area contributed by atoms with E-state index in [4.69, 9.17) is 0 Å². The molecule has 0 aromatic heterocycles. The van der Waals surface area contributed by atoms with Crippen LogP contribution in [-0.2, 0) is 0 Å². The fraction of sp³-hybridized carbons (Fsp3) is 1.00. The summed E-state index contributed by atoms with van der Waals surface area (Å²) in [7, 11) is 4.53. The summed E-state index contributed by atoms with van der Waals surface area (Å²) < 4.78 is 0. The second-order valence-electron chi connectivity index (χ2n) is 6.74. The molecule has 0 amide bonds. The first-order valence-electron chi connectivity index (χ1n) is 7.74. The summed E-state index contributed by atoms with van der Waals surface area (Å²) in [6, 6.07) is 0.688. The highest BCUT2D eigenvalue weighted by Crippen LogP contribution is 2.35. The number of hydrogen-bond donors (Lipinski definition) is 2. The Bertz CT molecular complexity index is 248. The molecule has 0 radical (unpaired) electrons. The van der Waals surface area contributed by atoms with Crippen LogP contribution in [-0.4, -0.2) is 50.2 Å². The second-order valence-corrected chi connectivity index (χ2v) is 6.74. The van der Waals surface area contributed by atoms with Crippen LogP contribution in [0.1, 0.15) is 45.4 Å². The molecule has 3 unspecified atom stereocenters. The van der Waals surface area contributed by atoms with Gasteiger partial charge in [0.25, 0.3) is 0 Å². The second kappa shape index (κ2) is 6.36. The van der Waals surface area contributed by atoms with Gasteiger partial charge in [-0.15, -0.1) is 0 Å². The first-order chi connectivity index (χ1) is 8.62. The monoisotopic (exact) mass is 253 g/mol. The summed E-state index contributed by atoms with van der Waals surface area (Å²) in [5.41, 5.74) is 0.398. The molecular weight excluding hydrogens is 222 g/mol. The van der Waals surface area contributed by atoms with Crippen LogP contribution in [0.4, 0.5) is 0 Å². The Kier molecular flexibility index (Phi) is 5.05. The number of nitrogens with zero attached hydrogens (tertiary/aromatic N) is 1. The van der Waals surface area contributed by atoms with Crippen molar-refractivity contribution in [2.24, 2.45) is 5.92 Å². The van der Waals surface area contributed by atoms with E-state index in [1.54, 1.807) is 0 Å². The van der Waals surface area contributed by atoms with Gasteiger partial charge < -0.3 is 15.5 Å². The van der Waals surface area contributed by atoms with Crippen molar-refractivity contribution in [1.29, 1.82) is 0 Å². The van der Waals surface area contributed by atoms with Gasteiger partial charge in [-0.25, -0.2) is 0 Å². The van der Waals surface area contributed by atoms with Crippen molar-refractivity contribution in [2.75, 3.05) is 33.7 Å². The average molecular weight is 253 g/mol. The molecule has 1 aliphatic heterocycles. The van der Waals surface area contributed by atoms with Crippen LogP contribution in [0.2, 0.25) is 0 Å². The topological polar surface area (TPSA) is 27.3 Å². The van der Waals surface area contributed by atoms with Crippen LogP contribution in [0.5, 0.6) is 0 Å². The summed E-state index contributed by atoms with van der Waals surface area (Å²) in [5.74, 6) is 0.882. The van der Waals surface area contributed by atoms with Crippen molar-refractivity contribution < 1.29 is 0 Å². The molecule has 0 spiro atoms. The van der Waals surface area contributed by atoms with Crippen molar-refractivity contribution >= 4 is 0 Å². The smallest absolute Gasteiger partial charge is 0.0330 e. The van der Waals surface area contributed by atoms with Crippen LogP contribution in [0.3, 0.4) is 0 Å². The molecule has 3 atom stereocenters. The van der Waals surface area contributed by atoms with Gasteiger partial charge in [-0.3, -0.25) is 0 Å². The van der Waals surface area contributed by atoms with Crippen LogP contribution in [0, 0.1) is 5.92 Å². The molecule has 0 aromatic rings. The molecule has 1 heterocycles. The summed E-state index contributed by atoms with van der Waals surface area (Å²) in [5, 5.41) is 7.33. The van der Waals surface area contributed by atoms with Crippen molar-refractivity contribution in [3.8, 4) is 0 Å². The van der Waals surface area contributed by atoms with E-state index in [1.165, 1.54) is 45.1 Å². The largest absolute Gasteiger partial charge is 0.315 e. The molecule has 106 valence electrons. The van der Waals surface area contributed by atoms with Gasteiger partial charge >= 0.3 is 0 Å². The zero-order chi connectivity index (χ0) is 13.0. The molecule has 0 aromatic carbocycles. The first kappa shape index (κ1) is 14.3. The number of hydrogen-bond acceptors (Lipinski definition) is 3. The molecule has 18 heavy (non-hydrogen) atoms. The van der Waals surface area contributed by atoms with E-state index < -0.39 is 0 Å². The van der Waals surface area contributed by atoms with Crippen molar-refractivity contribution in [2.45, 2.75) is 57.0 Å². The summed E-state index contributed by atoms with van der Waals surface area (Å²) in [6.45, 7) is 5.93. The fourth-order valence-electron chi connectivity index (χ4n) is 3.72. The van der Waals surface area contributed by atoms with Crippen LogP contribution in [0.15, 0.2) is 0 Å². The molecule has 1 saturated carbocycles. The Morgan fingerprint density at radius 2 is 2.11 bits per heavy atom. The van der Waals surface area contributed by atoms with Crippen LogP contribution < -0.4 is 10.6 Å². The lowest BCUT2D eigenvalue weighted by atomic mass is 9.75. The third-order valence-corrected chi connectivity index (χ3v) is 5.03. The van der Waals surface area contributed by atoms with Gasteiger partial charge in [0.2, 0.25) is 0 Å². The van der Waals surface area contributed by atoms with Crippen molar-refractivity contribution in [3.05, 3.63) is 0 Å². The SMILES string of the molecule is CC1CCCC(CNC2CCCNC2)(N(C)C)C1. The lowest BCUT2D eigenvalue weighted by molar-refractivity contribution is 0.0712. The van der Waals surface area contributed by atoms with Crippen LogP contribution in [0.25, 0.3) is 0 Å². The van der Waals surface area contributed by atoms with E-state index in [0.717, 1.165) is 19.0 Å². The Balaban J connectivity index is 1.89. The molecule has 3 heteroatoms. The molecule has 2 N–H and O–H groups in total. The van der Waals surface area contributed by atoms with E-state index in [2.05, 4.69) is 36.6 Å². The quantitative estimate of drug-likeness (QED) is 0.800. The number of likely N-dealkylation sites (N-methyl/N-ethyl adjacent to an activating group) is 1. The van der Waals surface area contributed by atoms with E-state index in [9.17, 15) is 0 Å². The predicted octanol–water partition coefficient (Wildman–Crippen LogP) is 1.84. The minimum absolute atomic E-state index is 0.398. The maximum absolute atomic E-state index is 3.83. The minimum atomic E-state index is 0.398. The summed E-state index contributed by atoms with van der Waals surface area (Å²) in [4.78, 5) is 2.48. The third-order valence-electron chi connectivity index (χ3n) is 5.03.